The second kappa shape index (κ2) is 7.87. The van der Waals surface area contributed by atoms with Crippen LogP contribution in [0.3, 0.4) is 0 Å². The van der Waals surface area contributed by atoms with Crippen LogP contribution in [0.25, 0.3) is 11.4 Å². The molecule has 2 heterocycles. The summed E-state index contributed by atoms with van der Waals surface area (Å²) in [5.41, 5.74) is 1.40. The maximum Gasteiger partial charge on any atom is 0.225 e. The predicted molar refractivity (Wildman–Crippen MR) is 95.5 cm³/mol. The smallest absolute Gasteiger partial charge is 0.225 e. The van der Waals surface area contributed by atoms with E-state index in [0.717, 1.165) is 0 Å². The molecule has 128 valence electrons. The summed E-state index contributed by atoms with van der Waals surface area (Å²) in [6.07, 6.45) is 1.65. The van der Waals surface area contributed by atoms with Gasteiger partial charge in [0.25, 0.3) is 0 Å². The molecule has 2 aromatic heterocycles. The van der Waals surface area contributed by atoms with Crippen molar-refractivity contribution in [3.8, 4) is 11.4 Å². The quantitative estimate of drug-likeness (QED) is 0.625. The van der Waals surface area contributed by atoms with Gasteiger partial charge in [0.1, 0.15) is 11.6 Å². The molecule has 0 radical (unpaired) electrons. The van der Waals surface area contributed by atoms with Gasteiger partial charge in [-0.05, 0) is 30.3 Å². The maximum atomic E-state index is 14.0. The molecule has 1 aromatic carbocycles. The second-order valence-electron chi connectivity index (χ2n) is 5.08. The Morgan fingerprint density at radius 2 is 1.96 bits per heavy atom. The Morgan fingerprint density at radius 3 is 2.72 bits per heavy atom. The van der Waals surface area contributed by atoms with E-state index < -0.39 is 5.82 Å². The highest BCUT2D eigenvalue weighted by molar-refractivity contribution is 6.30. The van der Waals surface area contributed by atoms with Gasteiger partial charge in [-0.1, -0.05) is 17.7 Å². The first-order chi connectivity index (χ1) is 12.2. The lowest BCUT2D eigenvalue weighted by Crippen LogP contribution is -2.10. The number of halogens is 2. The van der Waals surface area contributed by atoms with Gasteiger partial charge in [0, 0.05) is 23.8 Å². The molecule has 8 heteroatoms. The van der Waals surface area contributed by atoms with Crippen molar-refractivity contribution in [2.75, 3.05) is 23.8 Å². The molecular formula is C17H15ClFN5O. The zero-order valence-electron chi connectivity index (χ0n) is 13.1. The minimum Gasteiger partial charge on any atom is -0.395 e. The zero-order valence-corrected chi connectivity index (χ0v) is 13.8. The zero-order chi connectivity index (χ0) is 17.6. The molecule has 25 heavy (non-hydrogen) atoms. The molecule has 0 fully saturated rings. The fraction of sp³-hybridized carbons (Fsp3) is 0.118. The lowest BCUT2D eigenvalue weighted by atomic mass is 10.2. The fourth-order valence-electron chi connectivity index (χ4n) is 2.13. The van der Waals surface area contributed by atoms with E-state index in [0.29, 0.717) is 28.2 Å². The van der Waals surface area contributed by atoms with Crippen LogP contribution in [0, 0.1) is 5.82 Å². The minimum absolute atomic E-state index is 0.0666. The van der Waals surface area contributed by atoms with Crippen molar-refractivity contribution < 1.29 is 9.50 Å². The van der Waals surface area contributed by atoms with Crippen LogP contribution < -0.4 is 10.6 Å². The van der Waals surface area contributed by atoms with E-state index in [1.165, 1.54) is 18.2 Å². The standard InChI is InChI=1S/C17H15ClFN5O/c18-11-4-5-12(19)14(9-11)22-16-10-15(13-3-1-2-6-20-13)23-17(24-16)21-7-8-25/h1-6,9-10,25H,7-8H2,(H2,21,22,23,24). The van der Waals surface area contributed by atoms with Crippen LogP contribution in [0.2, 0.25) is 5.02 Å². The summed E-state index contributed by atoms with van der Waals surface area (Å²) in [4.78, 5) is 12.9. The van der Waals surface area contributed by atoms with Crippen LogP contribution in [-0.4, -0.2) is 33.2 Å². The van der Waals surface area contributed by atoms with E-state index in [4.69, 9.17) is 16.7 Å². The van der Waals surface area contributed by atoms with Crippen molar-refractivity contribution in [1.82, 2.24) is 15.0 Å². The highest BCUT2D eigenvalue weighted by Crippen LogP contribution is 2.25. The van der Waals surface area contributed by atoms with Crippen molar-refractivity contribution in [3.05, 3.63) is 59.5 Å². The number of benzene rings is 1. The molecule has 3 N–H and O–H groups in total. The summed E-state index contributed by atoms with van der Waals surface area (Å²) in [5.74, 6) is 0.215. The van der Waals surface area contributed by atoms with Crippen LogP contribution in [0.4, 0.5) is 21.8 Å². The van der Waals surface area contributed by atoms with E-state index in [9.17, 15) is 4.39 Å². The summed E-state index contributed by atoms with van der Waals surface area (Å²) < 4.78 is 14.0. The SMILES string of the molecule is OCCNc1nc(Nc2cc(Cl)ccc2F)cc(-c2ccccn2)n1. The number of aliphatic hydroxyl groups is 1. The third kappa shape index (κ3) is 4.40. The number of aliphatic hydroxyl groups excluding tert-OH is 1. The van der Waals surface area contributed by atoms with Gasteiger partial charge in [-0.2, -0.15) is 4.98 Å². The normalized spacial score (nSPS) is 10.5. The van der Waals surface area contributed by atoms with Crippen LogP contribution >= 0.6 is 11.6 Å². The van der Waals surface area contributed by atoms with Crippen molar-refractivity contribution in [1.29, 1.82) is 0 Å². The van der Waals surface area contributed by atoms with Crippen molar-refractivity contribution in [3.63, 3.8) is 0 Å². The molecule has 0 saturated carbocycles. The number of hydrogen-bond donors (Lipinski definition) is 3. The fourth-order valence-corrected chi connectivity index (χ4v) is 2.31. The first kappa shape index (κ1) is 17.1. The van der Waals surface area contributed by atoms with Gasteiger partial charge >= 0.3 is 0 Å². The molecule has 3 rings (SSSR count). The Kier molecular flexibility index (Phi) is 5.37. The van der Waals surface area contributed by atoms with Gasteiger partial charge < -0.3 is 15.7 Å². The molecule has 0 atom stereocenters. The summed E-state index contributed by atoms with van der Waals surface area (Å²) in [6.45, 7) is 0.222. The highest BCUT2D eigenvalue weighted by Gasteiger charge is 2.10. The maximum absolute atomic E-state index is 14.0. The van der Waals surface area contributed by atoms with Crippen LogP contribution in [-0.2, 0) is 0 Å². The molecule has 0 aliphatic carbocycles. The van der Waals surface area contributed by atoms with Gasteiger partial charge in [0.2, 0.25) is 5.95 Å². The van der Waals surface area contributed by atoms with Crippen LogP contribution in [0.15, 0.2) is 48.7 Å². The van der Waals surface area contributed by atoms with E-state index in [1.807, 2.05) is 12.1 Å². The van der Waals surface area contributed by atoms with Gasteiger partial charge in [-0.15, -0.1) is 0 Å². The number of nitrogens with zero attached hydrogens (tertiary/aromatic N) is 3. The van der Waals surface area contributed by atoms with E-state index in [-0.39, 0.29) is 18.8 Å². The van der Waals surface area contributed by atoms with E-state index in [2.05, 4.69) is 25.6 Å². The summed E-state index contributed by atoms with van der Waals surface area (Å²) in [5, 5.41) is 15.2. The number of pyridine rings is 1. The molecule has 0 saturated heterocycles. The number of aromatic nitrogens is 3. The van der Waals surface area contributed by atoms with Crippen molar-refractivity contribution in [2.45, 2.75) is 0 Å². The molecule has 0 aliphatic heterocycles. The molecule has 0 aliphatic rings. The monoisotopic (exact) mass is 359 g/mol. The first-order valence-electron chi connectivity index (χ1n) is 7.53. The van der Waals surface area contributed by atoms with Crippen molar-refractivity contribution >= 4 is 29.1 Å². The summed E-state index contributed by atoms with van der Waals surface area (Å²) in [7, 11) is 0. The Hall–Kier alpha value is -2.77. The van der Waals surface area contributed by atoms with Crippen molar-refractivity contribution in [2.24, 2.45) is 0 Å². The first-order valence-corrected chi connectivity index (χ1v) is 7.91. The molecular weight excluding hydrogens is 345 g/mol. The number of anilines is 3. The topological polar surface area (TPSA) is 83.0 Å². The second-order valence-corrected chi connectivity index (χ2v) is 5.51. The highest BCUT2D eigenvalue weighted by atomic mass is 35.5. The Labute approximate surface area is 148 Å². The number of nitrogens with one attached hydrogen (secondary N) is 2. The molecule has 6 nitrogen and oxygen atoms in total. The van der Waals surface area contributed by atoms with Gasteiger partial charge in [-0.3, -0.25) is 4.98 Å². The van der Waals surface area contributed by atoms with E-state index in [1.54, 1.807) is 18.3 Å². The summed E-state index contributed by atoms with van der Waals surface area (Å²) >= 11 is 5.92. The number of hydrogen-bond acceptors (Lipinski definition) is 6. The lowest BCUT2D eigenvalue weighted by molar-refractivity contribution is 0.311. The van der Waals surface area contributed by atoms with E-state index >= 15 is 0 Å². The van der Waals surface area contributed by atoms with Gasteiger partial charge in [0.15, 0.2) is 0 Å². The number of rotatable bonds is 6. The molecule has 0 spiro atoms. The average Bonchev–Trinajstić information content (AvgIpc) is 2.63. The van der Waals surface area contributed by atoms with Gasteiger partial charge in [0.05, 0.1) is 23.7 Å². The lowest BCUT2D eigenvalue weighted by Gasteiger charge is -2.11. The third-order valence-corrected chi connectivity index (χ3v) is 3.47. The molecule has 0 unspecified atom stereocenters. The summed E-state index contributed by atoms with van der Waals surface area (Å²) in [6, 6.07) is 11.3. The average molecular weight is 360 g/mol. The largest absolute Gasteiger partial charge is 0.395 e. The predicted octanol–water partition coefficient (Wildman–Crippen LogP) is 3.48. The minimum atomic E-state index is -0.452. The van der Waals surface area contributed by atoms with Gasteiger partial charge in [-0.25, -0.2) is 9.37 Å². The molecule has 3 aromatic rings. The molecule has 0 bridgehead atoms. The Bertz CT molecular complexity index is 863. The third-order valence-electron chi connectivity index (χ3n) is 3.24. The Balaban J connectivity index is 1.98. The van der Waals surface area contributed by atoms with Crippen LogP contribution in [0.5, 0.6) is 0 Å². The Morgan fingerprint density at radius 1 is 1.08 bits per heavy atom. The molecule has 0 amide bonds. The van der Waals surface area contributed by atoms with Crippen LogP contribution in [0.1, 0.15) is 0 Å².